The molecule has 0 spiro atoms. The van der Waals surface area contributed by atoms with E-state index >= 15 is 0 Å². The first-order chi connectivity index (χ1) is 12.7. The van der Waals surface area contributed by atoms with Crippen molar-refractivity contribution in [3.63, 3.8) is 0 Å². The summed E-state index contributed by atoms with van der Waals surface area (Å²) in [5.41, 5.74) is 3.10. The fourth-order valence-electron chi connectivity index (χ4n) is 4.47. The lowest BCUT2D eigenvalue weighted by Crippen LogP contribution is -2.47. The molecule has 0 aliphatic heterocycles. The zero-order valence-electron chi connectivity index (χ0n) is 15.7. The summed E-state index contributed by atoms with van der Waals surface area (Å²) >= 11 is 1.85. The fourth-order valence-corrected chi connectivity index (χ4v) is 5.43. The van der Waals surface area contributed by atoms with Crippen LogP contribution in [0.4, 0.5) is 0 Å². The van der Waals surface area contributed by atoms with Crippen LogP contribution in [0.15, 0.2) is 60.0 Å². The van der Waals surface area contributed by atoms with Crippen molar-refractivity contribution in [3.05, 3.63) is 71.1 Å². The third-order valence-corrected chi connectivity index (χ3v) is 7.13. The highest BCUT2D eigenvalue weighted by atomic mass is 32.1. The largest absolute Gasteiger partial charge is 0.310 e. The van der Waals surface area contributed by atoms with E-state index in [0.29, 0.717) is 6.04 Å². The molecule has 26 heavy (non-hydrogen) atoms. The Morgan fingerprint density at radius 3 is 2.42 bits per heavy atom. The molecule has 1 fully saturated rings. The Balaban J connectivity index is 1.41. The van der Waals surface area contributed by atoms with Gasteiger partial charge in [-0.2, -0.15) is 0 Å². The third-order valence-electron chi connectivity index (χ3n) is 6.12. The predicted molar refractivity (Wildman–Crippen MR) is 113 cm³/mol. The minimum atomic E-state index is 0.189. The van der Waals surface area contributed by atoms with Gasteiger partial charge in [0.1, 0.15) is 0 Å². The number of thiophene rings is 1. The van der Waals surface area contributed by atoms with E-state index in [1.807, 2.05) is 11.3 Å². The number of nitrogens with zero attached hydrogens (tertiary/aromatic N) is 1. The average molecular weight is 365 g/mol. The Bertz CT molecular complexity index is 845. The smallest absolute Gasteiger partial charge is 0.0455 e. The molecule has 3 aromatic rings. The first kappa shape index (κ1) is 17.7. The van der Waals surface area contributed by atoms with E-state index in [0.717, 1.165) is 6.54 Å². The molecule has 1 aromatic heterocycles. The van der Waals surface area contributed by atoms with Crippen LogP contribution in [0.1, 0.15) is 36.8 Å². The second kappa shape index (κ2) is 7.51. The van der Waals surface area contributed by atoms with Crippen LogP contribution in [0.3, 0.4) is 0 Å². The minimum absolute atomic E-state index is 0.189. The summed E-state index contributed by atoms with van der Waals surface area (Å²) in [6.07, 6.45) is 4.89. The lowest BCUT2D eigenvalue weighted by atomic mass is 9.74. The highest BCUT2D eigenvalue weighted by Gasteiger charge is 2.38. The maximum absolute atomic E-state index is 3.83. The van der Waals surface area contributed by atoms with Gasteiger partial charge >= 0.3 is 0 Å². The van der Waals surface area contributed by atoms with Crippen molar-refractivity contribution < 1.29 is 0 Å². The standard InChI is InChI=1S/C23H28N2S/c1-25(2)23(19-8-4-3-5-9-19)14-12-20(13-15-23)24-16-18-17-26-22-11-7-6-10-21(18)22/h3-11,17,20,24H,12-16H2,1-2H3. The van der Waals surface area contributed by atoms with Crippen LogP contribution >= 0.6 is 11.3 Å². The van der Waals surface area contributed by atoms with Gasteiger partial charge in [0.25, 0.3) is 0 Å². The molecule has 3 heteroatoms. The van der Waals surface area contributed by atoms with E-state index in [4.69, 9.17) is 0 Å². The molecular formula is C23H28N2S. The zero-order chi connectivity index (χ0) is 18.0. The second-order valence-electron chi connectivity index (χ2n) is 7.70. The van der Waals surface area contributed by atoms with E-state index < -0.39 is 0 Å². The third kappa shape index (κ3) is 3.32. The van der Waals surface area contributed by atoms with E-state index in [2.05, 4.69) is 84.3 Å². The minimum Gasteiger partial charge on any atom is -0.310 e. The monoisotopic (exact) mass is 364 g/mol. The van der Waals surface area contributed by atoms with Gasteiger partial charge in [-0.1, -0.05) is 48.5 Å². The van der Waals surface area contributed by atoms with Crippen LogP contribution in [0.5, 0.6) is 0 Å². The number of hydrogen-bond acceptors (Lipinski definition) is 3. The van der Waals surface area contributed by atoms with Crippen molar-refractivity contribution in [3.8, 4) is 0 Å². The van der Waals surface area contributed by atoms with Gasteiger partial charge < -0.3 is 5.32 Å². The Labute approximate surface area is 160 Å². The molecular weight excluding hydrogens is 336 g/mol. The van der Waals surface area contributed by atoms with Crippen molar-refractivity contribution in [2.45, 2.75) is 43.8 Å². The van der Waals surface area contributed by atoms with Gasteiger partial charge in [0.15, 0.2) is 0 Å². The summed E-state index contributed by atoms with van der Waals surface area (Å²) in [5, 5.41) is 7.56. The summed E-state index contributed by atoms with van der Waals surface area (Å²) in [6, 6.07) is 20.4. The van der Waals surface area contributed by atoms with Crippen molar-refractivity contribution in [2.75, 3.05) is 14.1 Å². The Morgan fingerprint density at radius 1 is 1.00 bits per heavy atom. The van der Waals surface area contributed by atoms with Crippen molar-refractivity contribution in [1.29, 1.82) is 0 Å². The Morgan fingerprint density at radius 2 is 1.69 bits per heavy atom. The van der Waals surface area contributed by atoms with Crippen molar-refractivity contribution >= 4 is 21.4 Å². The molecule has 1 N–H and O–H groups in total. The van der Waals surface area contributed by atoms with Crippen LogP contribution in [0.25, 0.3) is 10.1 Å². The van der Waals surface area contributed by atoms with Gasteiger partial charge in [0.05, 0.1) is 0 Å². The molecule has 0 radical (unpaired) electrons. The van der Waals surface area contributed by atoms with Gasteiger partial charge in [0, 0.05) is 22.8 Å². The van der Waals surface area contributed by atoms with Crippen LogP contribution in [0.2, 0.25) is 0 Å². The molecule has 0 atom stereocenters. The van der Waals surface area contributed by atoms with Crippen LogP contribution in [-0.2, 0) is 12.1 Å². The molecule has 0 saturated heterocycles. The normalized spacial score (nSPS) is 23.6. The van der Waals surface area contributed by atoms with Gasteiger partial charge in [0.2, 0.25) is 0 Å². The van der Waals surface area contributed by atoms with Crippen molar-refractivity contribution in [2.24, 2.45) is 0 Å². The number of fused-ring (bicyclic) bond motifs is 1. The van der Waals surface area contributed by atoms with E-state index in [1.165, 1.54) is 46.9 Å². The topological polar surface area (TPSA) is 15.3 Å². The summed E-state index contributed by atoms with van der Waals surface area (Å²) in [5.74, 6) is 0. The highest BCUT2D eigenvalue weighted by molar-refractivity contribution is 7.17. The summed E-state index contributed by atoms with van der Waals surface area (Å²) in [6.45, 7) is 0.981. The predicted octanol–water partition coefficient (Wildman–Crippen LogP) is 5.39. The van der Waals surface area contributed by atoms with Gasteiger partial charge in [-0.25, -0.2) is 0 Å². The molecule has 1 aliphatic rings. The SMILES string of the molecule is CN(C)C1(c2ccccc2)CCC(NCc2csc3ccccc23)CC1. The number of rotatable bonds is 5. The van der Waals surface area contributed by atoms with Crippen LogP contribution in [-0.4, -0.2) is 25.0 Å². The Kier molecular flexibility index (Phi) is 5.12. The quantitative estimate of drug-likeness (QED) is 0.653. The highest BCUT2D eigenvalue weighted by Crippen LogP contribution is 2.41. The Hall–Kier alpha value is -1.68. The molecule has 2 nitrogen and oxygen atoms in total. The van der Waals surface area contributed by atoms with Gasteiger partial charge in [-0.15, -0.1) is 11.3 Å². The molecule has 0 unspecified atom stereocenters. The van der Waals surface area contributed by atoms with Gasteiger partial charge in [-0.05, 0) is 67.7 Å². The molecule has 4 rings (SSSR count). The summed E-state index contributed by atoms with van der Waals surface area (Å²) in [4.78, 5) is 2.44. The lowest BCUT2D eigenvalue weighted by molar-refractivity contribution is 0.0853. The van der Waals surface area contributed by atoms with Crippen molar-refractivity contribution in [1.82, 2.24) is 10.2 Å². The molecule has 2 aromatic carbocycles. The number of nitrogens with one attached hydrogen (secondary N) is 1. The lowest BCUT2D eigenvalue weighted by Gasteiger charge is -2.45. The van der Waals surface area contributed by atoms with Gasteiger partial charge in [-0.3, -0.25) is 4.90 Å². The molecule has 1 saturated carbocycles. The van der Waals surface area contributed by atoms with E-state index in [1.54, 1.807) is 0 Å². The maximum atomic E-state index is 3.83. The zero-order valence-corrected chi connectivity index (χ0v) is 16.6. The molecule has 0 amide bonds. The summed E-state index contributed by atoms with van der Waals surface area (Å²) in [7, 11) is 4.47. The first-order valence-electron chi connectivity index (χ1n) is 9.60. The number of benzene rings is 2. The second-order valence-corrected chi connectivity index (χ2v) is 8.62. The molecule has 1 heterocycles. The fraction of sp³-hybridized carbons (Fsp3) is 0.391. The van der Waals surface area contributed by atoms with Crippen LogP contribution < -0.4 is 5.32 Å². The molecule has 1 aliphatic carbocycles. The summed E-state index contributed by atoms with van der Waals surface area (Å²) < 4.78 is 1.39. The first-order valence-corrected chi connectivity index (χ1v) is 10.5. The van der Waals surface area contributed by atoms with E-state index in [-0.39, 0.29) is 5.54 Å². The van der Waals surface area contributed by atoms with Crippen LogP contribution in [0, 0.1) is 0 Å². The molecule has 136 valence electrons. The van der Waals surface area contributed by atoms with E-state index in [9.17, 15) is 0 Å². The molecule has 0 bridgehead atoms. The maximum Gasteiger partial charge on any atom is 0.0455 e. The average Bonchev–Trinajstić information content (AvgIpc) is 3.10. The number of hydrogen-bond donors (Lipinski definition) is 1.